The van der Waals surface area contributed by atoms with Crippen LogP contribution in [0.2, 0.25) is 0 Å². The minimum absolute atomic E-state index is 1.14. The Labute approximate surface area is 377 Å². The largest absolute Gasteiger partial charge is 0.309 e. The quantitative estimate of drug-likeness (QED) is 0.159. The average Bonchev–Trinajstić information content (AvgIpc) is 3.99. The fraction of sp³-hybridized carbons (Fsp3) is 0.0323. The van der Waals surface area contributed by atoms with Gasteiger partial charge in [0.05, 0.1) is 33.1 Å². The van der Waals surface area contributed by atoms with Crippen molar-refractivity contribution in [3.05, 3.63) is 236 Å². The van der Waals surface area contributed by atoms with E-state index in [0.29, 0.717) is 0 Å². The van der Waals surface area contributed by atoms with Gasteiger partial charge in [0, 0.05) is 49.4 Å². The summed E-state index contributed by atoms with van der Waals surface area (Å²) in [5, 5.41) is 7.56. The molecule has 0 amide bonds. The van der Waals surface area contributed by atoms with Crippen molar-refractivity contribution >= 4 is 65.4 Å². The van der Waals surface area contributed by atoms with Gasteiger partial charge in [-0.1, -0.05) is 139 Å². The molecule has 0 saturated carbocycles. The van der Waals surface area contributed by atoms with Gasteiger partial charge < -0.3 is 13.7 Å². The van der Waals surface area contributed by atoms with E-state index in [9.17, 15) is 0 Å². The van der Waals surface area contributed by atoms with Crippen molar-refractivity contribution < 1.29 is 0 Å². The first-order valence-corrected chi connectivity index (χ1v) is 22.5. The third kappa shape index (κ3) is 5.97. The Balaban J connectivity index is 0.896. The van der Waals surface area contributed by atoms with Crippen molar-refractivity contribution in [2.24, 2.45) is 0 Å². The van der Waals surface area contributed by atoms with E-state index < -0.39 is 0 Å². The van der Waals surface area contributed by atoms with Gasteiger partial charge in [0.25, 0.3) is 0 Å². The number of hydrogen-bond acceptors (Lipinski definition) is 0. The summed E-state index contributed by atoms with van der Waals surface area (Å²) in [6, 6.07) is 82.7. The topological polar surface area (TPSA) is 14.8 Å². The average molecular weight is 830 g/mol. The van der Waals surface area contributed by atoms with Crippen molar-refractivity contribution in [1.29, 1.82) is 0 Å². The monoisotopic (exact) mass is 829 g/mol. The summed E-state index contributed by atoms with van der Waals surface area (Å²) in [6.07, 6.45) is 0. The van der Waals surface area contributed by atoms with Crippen LogP contribution in [0.4, 0.5) is 0 Å². The minimum Gasteiger partial charge on any atom is -0.309 e. The van der Waals surface area contributed by atoms with E-state index in [4.69, 9.17) is 0 Å². The Hall–Kier alpha value is -8.40. The fourth-order valence-electron chi connectivity index (χ4n) is 10.5. The van der Waals surface area contributed by atoms with Crippen LogP contribution < -0.4 is 0 Å². The molecule has 0 unspecified atom stereocenters. The van der Waals surface area contributed by atoms with Crippen LogP contribution in [0.25, 0.3) is 116 Å². The van der Waals surface area contributed by atoms with Gasteiger partial charge in [0.1, 0.15) is 0 Å². The molecule has 0 aliphatic rings. The minimum atomic E-state index is 1.14. The third-order valence-corrected chi connectivity index (χ3v) is 13.5. The molecule has 13 aromatic rings. The predicted molar refractivity (Wildman–Crippen MR) is 275 cm³/mol. The number of rotatable bonds is 6. The molecule has 0 atom stereocenters. The van der Waals surface area contributed by atoms with Crippen molar-refractivity contribution in [2.75, 3.05) is 0 Å². The van der Waals surface area contributed by atoms with Crippen LogP contribution in [0.5, 0.6) is 0 Å². The molecular weight excluding hydrogens is 787 g/mol. The molecule has 0 radical (unpaired) electrons. The molecule has 306 valence electrons. The first-order chi connectivity index (χ1) is 32.0. The number of nitrogens with zero attached hydrogens (tertiary/aromatic N) is 3. The fourth-order valence-corrected chi connectivity index (χ4v) is 10.5. The molecule has 0 N–H and O–H groups in total. The van der Waals surface area contributed by atoms with Crippen LogP contribution in [0.15, 0.2) is 224 Å². The maximum Gasteiger partial charge on any atom is 0.0541 e. The Morgan fingerprint density at radius 1 is 0.215 bits per heavy atom. The SMILES string of the molecule is Cc1ccc2c(c1)c1cc(C)ccc1n2-c1cccc(-c2ccc3c(c2)c2ccccc2n3-c2cccc(-c3ccc4c(c3)c3ccccc3n4-c3ccc(-c4ccccc4)cc3)c2)c1. The van der Waals surface area contributed by atoms with E-state index >= 15 is 0 Å². The van der Waals surface area contributed by atoms with Gasteiger partial charge in [-0.25, -0.2) is 0 Å². The number of para-hydroxylation sites is 2. The normalized spacial score (nSPS) is 11.8. The summed E-state index contributed by atoms with van der Waals surface area (Å²) in [5.41, 5.74) is 20.4. The molecule has 3 aromatic heterocycles. The molecule has 3 heterocycles. The summed E-state index contributed by atoms with van der Waals surface area (Å²) in [4.78, 5) is 0. The number of aryl methyl sites for hydroxylation is 2. The smallest absolute Gasteiger partial charge is 0.0541 e. The molecule has 13 rings (SSSR count). The van der Waals surface area contributed by atoms with Gasteiger partial charge in [0.2, 0.25) is 0 Å². The number of aromatic nitrogens is 3. The van der Waals surface area contributed by atoms with Gasteiger partial charge in [-0.05, 0) is 144 Å². The predicted octanol–water partition coefficient (Wildman–Crippen LogP) is 16.6. The Morgan fingerprint density at radius 3 is 1.08 bits per heavy atom. The highest BCUT2D eigenvalue weighted by atomic mass is 15.0. The van der Waals surface area contributed by atoms with Crippen molar-refractivity contribution in [3.8, 4) is 50.4 Å². The Kier molecular flexibility index (Phi) is 8.34. The van der Waals surface area contributed by atoms with Gasteiger partial charge >= 0.3 is 0 Å². The van der Waals surface area contributed by atoms with Crippen molar-refractivity contribution in [3.63, 3.8) is 0 Å². The lowest BCUT2D eigenvalue weighted by molar-refractivity contribution is 1.18. The molecule has 0 fully saturated rings. The third-order valence-electron chi connectivity index (χ3n) is 13.5. The molecular formula is C62H43N3. The zero-order chi connectivity index (χ0) is 43.2. The summed E-state index contributed by atoms with van der Waals surface area (Å²) in [7, 11) is 0. The standard InChI is InChI=1S/C62H43N3/c1-40-22-30-59-53(34-40)54-35-41(2)23-31-60(54)65(59)50-17-11-15-45(37-50)47-27-33-62-56(39-47)52-19-7-9-21-58(52)64(62)49-16-10-14-44(36-49)46-26-32-61-55(38-46)51-18-6-8-20-57(51)63(61)48-28-24-43(25-29-48)42-12-4-3-5-13-42/h3-39H,1-2H3. The molecule has 65 heavy (non-hydrogen) atoms. The van der Waals surface area contributed by atoms with Crippen molar-refractivity contribution in [1.82, 2.24) is 13.7 Å². The Bertz CT molecular complexity index is 3950. The summed E-state index contributed by atoms with van der Waals surface area (Å²) in [6.45, 7) is 4.35. The van der Waals surface area contributed by atoms with Crippen LogP contribution in [0, 0.1) is 13.8 Å². The highest BCUT2D eigenvalue weighted by Gasteiger charge is 2.18. The first kappa shape index (κ1) is 37.2. The zero-order valence-electron chi connectivity index (χ0n) is 36.2. The molecule has 10 aromatic carbocycles. The lowest BCUT2D eigenvalue weighted by Gasteiger charge is -2.12. The van der Waals surface area contributed by atoms with Crippen LogP contribution in [0.3, 0.4) is 0 Å². The maximum atomic E-state index is 2.43. The second kappa shape index (κ2) is 14.6. The van der Waals surface area contributed by atoms with E-state index in [1.165, 1.54) is 110 Å². The van der Waals surface area contributed by atoms with E-state index in [2.05, 4.69) is 252 Å². The van der Waals surface area contributed by atoms with E-state index in [1.54, 1.807) is 0 Å². The number of hydrogen-bond donors (Lipinski definition) is 0. The summed E-state index contributed by atoms with van der Waals surface area (Å²) >= 11 is 0. The summed E-state index contributed by atoms with van der Waals surface area (Å²) in [5.74, 6) is 0. The lowest BCUT2D eigenvalue weighted by Crippen LogP contribution is -1.95. The van der Waals surface area contributed by atoms with Gasteiger partial charge in [-0.3, -0.25) is 0 Å². The lowest BCUT2D eigenvalue weighted by atomic mass is 10.0. The second-order valence-electron chi connectivity index (χ2n) is 17.6. The number of fused-ring (bicyclic) bond motifs is 9. The number of benzene rings is 10. The maximum absolute atomic E-state index is 2.43. The molecule has 0 saturated heterocycles. The highest BCUT2D eigenvalue weighted by molar-refractivity contribution is 6.13. The van der Waals surface area contributed by atoms with Gasteiger partial charge in [0.15, 0.2) is 0 Å². The van der Waals surface area contributed by atoms with E-state index in [0.717, 1.165) is 17.1 Å². The van der Waals surface area contributed by atoms with Crippen LogP contribution >= 0.6 is 0 Å². The van der Waals surface area contributed by atoms with E-state index in [1.807, 2.05) is 0 Å². The zero-order valence-corrected chi connectivity index (χ0v) is 36.2. The highest BCUT2D eigenvalue weighted by Crippen LogP contribution is 2.40. The molecule has 3 nitrogen and oxygen atoms in total. The Morgan fingerprint density at radius 2 is 0.569 bits per heavy atom. The van der Waals surface area contributed by atoms with Crippen LogP contribution in [0.1, 0.15) is 11.1 Å². The molecule has 0 spiro atoms. The van der Waals surface area contributed by atoms with Crippen LogP contribution in [-0.2, 0) is 0 Å². The first-order valence-electron chi connectivity index (χ1n) is 22.5. The molecule has 0 aliphatic heterocycles. The summed E-state index contributed by atoms with van der Waals surface area (Å²) < 4.78 is 7.25. The second-order valence-corrected chi connectivity index (χ2v) is 17.6. The van der Waals surface area contributed by atoms with Gasteiger partial charge in [-0.15, -0.1) is 0 Å². The molecule has 0 aliphatic carbocycles. The molecule has 0 bridgehead atoms. The van der Waals surface area contributed by atoms with Crippen molar-refractivity contribution in [2.45, 2.75) is 13.8 Å². The molecule has 3 heteroatoms. The van der Waals surface area contributed by atoms with Gasteiger partial charge in [-0.2, -0.15) is 0 Å². The van der Waals surface area contributed by atoms with Crippen LogP contribution in [-0.4, -0.2) is 13.7 Å². The van der Waals surface area contributed by atoms with E-state index in [-0.39, 0.29) is 0 Å².